The lowest BCUT2D eigenvalue weighted by molar-refractivity contribution is 0.393. The van der Waals surface area contributed by atoms with Crippen LogP contribution in [0.3, 0.4) is 0 Å². The number of rotatable bonds is 6. The van der Waals surface area contributed by atoms with Gasteiger partial charge in [0.15, 0.2) is 0 Å². The van der Waals surface area contributed by atoms with E-state index < -0.39 is 0 Å². The molecule has 0 unspecified atom stereocenters. The summed E-state index contributed by atoms with van der Waals surface area (Å²) in [6.45, 7) is 8.12. The number of hydrogen-bond acceptors (Lipinski definition) is 3. The van der Waals surface area contributed by atoms with Crippen LogP contribution in [0, 0.1) is 11.7 Å². The molecule has 1 N–H and O–H groups in total. The van der Waals surface area contributed by atoms with E-state index in [-0.39, 0.29) is 5.82 Å². The minimum absolute atomic E-state index is 0.245. The van der Waals surface area contributed by atoms with Crippen molar-refractivity contribution in [2.75, 3.05) is 24.5 Å². The minimum atomic E-state index is -0.245. The number of nitrogens with zero attached hydrogens (tertiary/aromatic N) is 2. The zero-order valence-corrected chi connectivity index (χ0v) is 12.7. The molecule has 1 saturated heterocycles. The summed E-state index contributed by atoms with van der Waals surface area (Å²) in [7, 11) is 0. The van der Waals surface area contributed by atoms with Gasteiger partial charge in [0.1, 0.15) is 11.6 Å². The van der Waals surface area contributed by atoms with Crippen molar-refractivity contribution in [2.24, 2.45) is 5.92 Å². The van der Waals surface area contributed by atoms with E-state index in [9.17, 15) is 4.39 Å². The van der Waals surface area contributed by atoms with Crippen LogP contribution >= 0.6 is 0 Å². The molecule has 0 saturated carbocycles. The van der Waals surface area contributed by atoms with Gasteiger partial charge in [-0.3, -0.25) is 0 Å². The summed E-state index contributed by atoms with van der Waals surface area (Å²) in [6.07, 6.45) is 6.12. The molecule has 0 atom stereocenters. The fraction of sp³-hybridized carbons (Fsp3) is 0.688. The second-order valence-corrected chi connectivity index (χ2v) is 5.65. The fourth-order valence-electron chi connectivity index (χ4n) is 2.84. The molecule has 0 amide bonds. The maximum absolute atomic E-state index is 13.4. The monoisotopic (exact) mass is 279 g/mol. The molecule has 20 heavy (non-hydrogen) atoms. The van der Waals surface area contributed by atoms with Gasteiger partial charge < -0.3 is 10.2 Å². The quantitative estimate of drug-likeness (QED) is 0.809. The summed E-state index contributed by atoms with van der Waals surface area (Å²) in [5, 5.41) is 3.34. The number of aromatic nitrogens is 1. The number of nitrogens with one attached hydrogen (secondary N) is 1. The Labute approximate surface area is 121 Å². The third kappa shape index (κ3) is 3.92. The molecule has 1 aliphatic rings. The SMILES string of the molecule is CCCNCc1cc(F)cnc1N1CCC(CC)CC1. The molecule has 4 heteroatoms. The maximum Gasteiger partial charge on any atom is 0.141 e. The number of pyridine rings is 1. The average molecular weight is 279 g/mol. The molecule has 1 aromatic heterocycles. The Hall–Kier alpha value is -1.16. The largest absolute Gasteiger partial charge is 0.356 e. The van der Waals surface area contributed by atoms with Gasteiger partial charge in [0.25, 0.3) is 0 Å². The molecule has 0 aromatic carbocycles. The van der Waals surface area contributed by atoms with Crippen LogP contribution < -0.4 is 10.2 Å². The molecule has 0 aliphatic carbocycles. The highest BCUT2D eigenvalue weighted by Gasteiger charge is 2.21. The molecule has 2 heterocycles. The van der Waals surface area contributed by atoms with Gasteiger partial charge in [0, 0.05) is 25.2 Å². The number of anilines is 1. The predicted molar refractivity (Wildman–Crippen MR) is 81.4 cm³/mol. The standard InChI is InChI=1S/C16H26FN3/c1-3-7-18-11-14-10-15(17)12-19-16(14)20-8-5-13(4-2)6-9-20/h10,12-13,18H,3-9,11H2,1-2H3. The summed E-state index contributed by atoms with van der Waals surface area (Å²) in [6, 6.07) is 1.62. The van der Waals surface area contributed by atoms with Crippen molar-refractivity contribution in [3.05, 3.63) is 23.6 Å². The summed E-state index contributed by atoms with van der Waals surface area (Å²) in [4.78, 5) is 6.66. The third-order valence-electron chi connectivity index (χ3n) is 4.14. The highest BCUT2D eigenvalue weighted by atomic mass is 19.1. The maximum atomic E-state index is 13.4. The van der Waals surface area contributed by atoms with Crippen LogP contribution in [-0.4, -0.2) is 24.6 Å². The van der Waals surface area contributed by atoms with Crippen molar-refractivity contribution in [3.63, 3.8) is 0 Å². The molecule has 112 valence electrons. The van der Waals surface area contributed by atoms with Gasteiger partial charge in [0.05, 0.1) is 6.20 Å². The Morgan fingerprint density at radius 2 is 2.10 bits per heavy atom. The molecule has 1 fully saturated rings. The first-order valence-corrected chi connectivity index (χ1v) is 7.84. The molecular weight excluding hydrogens is 253 g/mol. The first kappa shape index (κ1) is 15.2. The van der Waals surface area contributed by atoms with E-state index in [1.807, 2.05) is 0 Å². The summed E-state index contributed by atoms with van der Waals surface area (Å²) in [5.74, 6) is 1.56. The summed E-state index contributed by atoms with van der Waals surface area (Å²) in [5.41, 5.74) is 0.980. The number of piperidine rings is 1. The first-order valence-electron chi connectivity index (χ1n) is 7.84. The lowest BCUT2D eigenvalue weighted by atomic mass is 9.94. The first-order chi connectivity index (χ1) is 9.74. The molecule has 0 bridgehead atoms. The predicted octanol–water partition coefficient (Wildman–Crippen LogP) is 3.35. The van der Waals surface area contributed by atoms with Crippen LogP contribution in [0.5, 0.6) is 0 Å². The van der Waals surface area contributed by atoms with Crippen LogP contribution in [0.2, 0.25) is 0 Å². The van der Waals surface area contributed by atoms with Gasteiger partial charge in [-0.05, 0) is 37.8 Å². The second kappa shape index (κ2) is 7.58. The molecule has 2 rings (SSSR count). The lowest BCUT2D eigenvalue weighted by Crippen LogP contribution is -2.35. The van der Waals surface area contributed by atoms with E-state index in [1.54, 1.807) is 6.07 Å². The van der Waals surface area contributed by atoms with E-state index in [1.165, 1.54) is 25.5 Å². The molecule has 0 spiro atoms. The van der Waals surface area contributed by atoms with Crippen molar-refractivity contribution in [1.82, 2.24) is 10.3 Å². The van der Waals surface area contributed by atoms with E-state index in [0.29, 0.717) is 6.54 Å². The Morgan fingerprint density at radius 1 is 1.35 bits per heavy atom. The van der Waals surface area contributed by atoms with Gasteiger partial charge >= 0.3 is 0 Å². The van der Waals surface area contributed by atoms with E-state index >= 15 is 0 Å². The zero-order valence-electron chi connectivity index (χ0n) is 12.7. The van der Waals surface area contributed by atoms with Crippen LogP contribution in [-0.2, 0) is 6.54 Å². The van der Waals surface area contributed by atoms with Crippen LogP contribution in [0.15, 0.2) is 12.3 Å². The molecule has 1 aromatic rings. The van der Waals surface area contributed by atoms with Gasteiger partial charge in [-0.1, -0.05) is 20.3 Å². The number of hydrogen-bond donors (Lipinski definition) is 1. The highest BCUT2D eigenvalue weighted by molar-refractivity contribution is 5.47. The van der Waals surface area contributed by atoms with Gasteiger partial charge in [-0.25, -0.2) is 9.37 Å². The van der Waals surface area contributed by atoms with Crippen molar-refractivity contribution in [3.8, 4) is 0 Å². The van der Waals surface area contributed by atoms with Crippen molar-refractivity contribution in [1.29, 1.82) is 0 Å². The van der Waals surface area contributed by atoms with Gasteiger partial charge in [-0.2, -0.15) is 0 Å². The molecule has 1 aliphatic heterocycles. The van der Waals surface area contributed by atoms with Crippen molar-refractivity contribution in [2.45, 2.75) is 46.1 Å². The lowest BCUT2D eigenvalue weighted by Gasteiger charge is -2.33. The third-order valence-corrected chi connectivity index (χ3v) is 4.14. The summed E-state index contributed by atoms with van der Waals surface area (Å²) >= 11 is 0. The molecule has 0 radical (unpaired) electrons. The van der Waals surface area contributed by atoms with Crippen LogP contribution in [0.25, 0.3) is 0 Å². The van der Waals surface area contributed by atoms with Crippen molar-refractivity contribution >= 4 is 5.82 Å². The van der Waals surface area contributed by atoms with Crippen LogP contribution in [0.1, 0.15) is 45.1 Å². The fourth-order valence-corrected chi connectivity index (χ4v) is 2.84. The van der Waals surface area contributed by atoms with Crippen molar-refractivity contribution < 1.29 is 4.39 Å². The van der Waals surface area contributed by atoms with Gasteiger partial charge in [0.2, 0.25) is 0 Å². The summed E-state index contributed by atoms with van der Waals surface area (Å²) < 4.78 is 13.4. The van der Waals surface area contributed by atoms with Crippen LogP contribution in [0.4, 0.5) is 10.2 Å². The zero-order chi connectivity index (χ0) is 14.4. The Kier molecular flexibility index (Phi) is 5.77. The van der Waals surface area contributed by atoms with E-state index in [0.717, 1.165) is 43.4 Å². The second-order valence-electron chi connectivity index (χ2n) is 5.65. The Bertz CT molecular complexity index is 414. The van der Waals surface area contributed by atoms with E-state index in [4.69, 9.17) is 0 Å². The topological polar surface area (TPSA) is 28.2 Å². The number of halogens is 1. The Balaban J connectivity index is 2.06. The van der Waals surface area contributed by atoms with Gasteiger partial charge in [-0.15, -0.1) is 0 Å². The smallest absolute Gasteiger partial charge is 0.141 e. The average Bonchev–Trinajstić information content (AvgIpc) is 2.48. The molecule has 3 nitrogen and oxygen atoms in total. The minimum Gasteiger partial charge on any atom is -0.356 e. The normalized spacial score (nSPS) is 16.6. The Morgan fingerprint density at radius 3 is 2.75 bits per heavy atom. The van der Waals surface area contributed by atoms with E-state index in [2.05, 4.69) is 29.0 Å². The highest BCUT2D eigenvalue weighted by Crippen LogP contribution is 2.26. The molecular formula is C16H26FN3.